The van der Waals surface area contributed by atoms with Gasteiger partial charge in [-0.1, -0.05) is 39.3 Å². The molecule has 0 aromatic heterocycles. The number of hydrogen-bond acceptors (Lipinski definition) is 6. The number of fused-ring (bicyclic) bond motifs is 5. The maximum absolute atomic E-state index is 13.6. The summed E-state index contributed by atoms with van der Waals surface area (Å²) in [5.41, 5.74) is -1.23. The Kier molecular flexibility index (Phi) is 6.24. The van der Waals surface area contributed by atoms with Gasteiger partial charge in [0.15, 0.2) is 11.4 Å². The zero-order valence-electron chi connectivity index (χ0n) is 20.6. The molecule has 6 nitrogen and oxygen atoms in total. The molecule has 0 heterocycles. The third kappa shape index (κ3) is 3.47. The molecule has 0 spiro atoms. The van der Waals surface area contributed by atoms with Gasteiger partial charge in [0.2, 0.25) is 5.78 Å². The summed E-state index contributed by atoms with van der Waals surface area (Å²) in [6.45, 7) is 10.2. The van der Waals surface area contributed by atoms with Gasteiger partial charge in [-0.2, -0.15) is 0 Å². The number of ether oxygens (including phenoxy) is 2. The highest BCUT2D eigenvalue weighted by atomic mass is 16.6. The molecule has 4 rings (SSSR count). The van der Waals surface area contributed by atoms with Crippen molar-refractivity contribution in [1.29, 1.82) is 0 Å². The van der Waals surface area contributed by atoms with E-state index in [1.54, 1.807) is 19.1 Å². The van der Waals surface area contributed by atoms with Gasteiger partial charge < -0.3 is 14.6 Å². The molecular weight excluding hydrogens is 420 g/mol. The van der Waals surface area contributed by atoms with E-state index in [4.69, 9.17) is 9.47 Å². The van der Waals surface area contributed by atoms with Gasteiger partial charge in [0.05, 0.1) is 6.10 Å². The number of aliphatic hydroxyl groups is 1. The van der Waals surface area contributed by atoms with E-state index in [1.807, 2.05) is 19.9 Å². The van der Waals surface area contributed by atoms with Crippen LogP contribution in [0, 0.1) is 34.5 Å². The van der Waals surface area contributed by atoms with Crippen molar-refractivity contribution in [3.63, 3.8) is 0 Å². The largest absolute Gasteiger partial charge is 0.450 e. The third-order valence-corrected chi connectivity index (χ3v) is 9.40. The lowest BCUT2D eigenvalue weighted by molar-refractivity contribution is -0.201. The molecule has 8 atom stereocenters. The molecule has 0 aromatic carbocycles. The van der Waals surface area contributed by atoms with Crippen molar-refractivity contribution in [3.8, 4) is 0 Å². The molecule has 4 aliphatic rings. The summed E-state index contributed by atoms with van der Waals surface area (Å²) >= 11 is 0. The number of aliphatic hydroxyl groups excluding tert-OH is 1. The highest BCUT2D eigenvalue weighted by Gasteiger charge is 2.70. The van der Waals surface area contributed by atoms with Crippen LogP contribution in [0.4, 0.5) is 0 Å². The molecule has 0 aromatic rings. The molecule has 6 heteroatoms. The van der Waals surface area contributed by atoms with Gasteiger partial charge in [0.25, 0.3) is 0 Å². The Labute approximate surface area is 196 Å². The molecule has 3 fully saturated rings. The molecule has 0 unspecified atom stereocenters. The minimum Gasteiger partial charge on any atom is -0.450 e. The Morgan fingerprint density at radius 1 is 1.24 bits per heavy atom. The Bertz CT molecular complexity index is 904. The first-order chi connectivity index (χ1) is 15.5. The summed E-state index contributed by atoms with van der Waals surface area (Å²) < 4.78 is 11.5. The lowest BCUT2D eigenvalue weighted by atomic mass is 9.44. The number of carbonyl (C=O) groups excluding carboxylic acids is 3. The number of ketones is 2. The van der Waals surface area contributed by atoms with Crippen molar-refractivity contribution < 1.29 is 29.0 Å². The molecule has 0 saturated heterocycles. The predicted octanol–water partition coefficient (Wildman–Crippen LogP) is 3.81. The molecule has 182 valence electrons. The van der Waals surface area contributed by atoms with Crippen LogP contribution in [0.15, 0.2) is 23.8 Å². The summed E-state index contributed by atoms with van der Waals surface area (Å²) in [5, 5.41) is 11.6. The van der Waals surface area contributed by atoms with Crippen LogP contribution in [0.1, 0.15) is 66.7 Å². The van der Waals surface area contributed by atoms with E-state index in [0.717, 1.165) is 18.4 Å². The standard InChI is InChI=1S/C27H38O6/c1-6-23(31)33-27(22(30)15-32-7-2)11-9-19-18-12-16(3)20-13-17(28)8-10-25(20,4)24(18)21(29)14-26(19,27)5/h8,10,13,16,18-19,21,24,29H,6-7,9,11-12,14-15H2,1-5H3/t16-,18-,19-,21-,24+,25-,26-,27-/m0/s1. The number of allylic oxidation sites excluding steroid dienone is 4. The van der Waals surface area contributed by atoms with Crippen LogP contribution in [-0.2, 0) is 23.9 Å². The fourth-order valence-electron chi connectivity index (χ4n) is 8.00. The van der Waals surface area contributed by atoms with E-state index >= 15 is 0 Å². The Morgan fingerprint density at radius 2 is 1.97 bits per heavy atom. The minimum atomic E-state index is -1.27. The van der Waals surface area contributed by atoms with Crippen LogP contribution in [0.25, 0.3) is 0 Å². The normalized spacial score (nSPS) is 43.9. The molecule has 3 saturated carbocycles. The van der Waals surface area contributed by atoms with E-state index in [-0.39, 0.29) is 54.2 Å². The van der Waals surface area contributed by atoms with E-state index in [2.05, 4.69) is 13.8 Å². The van der Waals surface area contributed by atoms with Gasteiger partial charge in [-0.3, -0.25) is 14.4 Å². The molecule has 0 amide bonds. The summed E-state index contributed by atoms with van der Waals surface area (Å²) in [5.74, 6) is -0.115. The van der Waals surface area contributed by atoms with Crippen molar-refractivity contribution >= 4 is 17.5 Å². The Morgan fingerprint density at radius 3 is 2.64 bits per heavy atom. The fraction of sp³-hybridized carbons (Fsp3) is 0.741. The quantitative estimate of drug-likeness (QED) is 0.609. The van der Waals surface area contributed by atoms with Crippen LogP contribution >= 0.6 is 0 Å². The number of carbonyl (C=O) groups is 3. The topological polar surface area (TPSA) is 89.9 Å². The zero-order chi connectivity index (χ0) is 24.2. The second-order valence-electron chi connectivity index (χ2n) is 11.0. The van der Waals surface area contributed by atoms with Crippen molar-refractivity contribution in [2.24, 2.45) is 34.5 Å². The van der Waals surface area contributed by atoms with Crippen LogP contribution in [0.2, 0.25) is 0 Å². The summed E-state index contributed by atoms with van der Waals surface area (Å²) in [6.07, 6.45) is 7.36. The summed E-state index contributed by atoms with van der Waals surface area (Å²) in [6, 6.07) is 0. The van der Waals surface area contributed by atoms with Gasteiger partial charge in [0, 0.05) is 29.8 Å². The van der Waals surface area contributed by atoms with Gasteiger partial charge in [-0.15, -0.1) is 0 Å². The van der Waals surface area contributed by atoms with Crippen LogP contribution in [-0.4, -0.2) is 47.6 Å². The second-order valence-corrected chi connectivity index (χ2v) is 11.0. The predicted molar refractivity (Wildman–Crippen MR) is 123 cm³/mol. The number of hydrogen-bond donors (Lipinski definition) is 1. The van der Waals surface area contributed by atoms with Crippen LogP contribution in [0.3, 0.4) is 0 Å². The average Bonchev–Trinajstić information content (AvgIpc) is 3.05. The van der Waals surface area contributed by atoms with Gasteiger partial charge in [-0.25, -0.2) is 0 Å². The fourth-order valence-corrected chi connectivity index (χ4v) is 8.00. The smallest absolute Gasteiger partial charge is 0.306 e. The highest BCUT2D eigenvalue weighted by molar-refractivity contribution is 6.01. The average molecular weight is 459 g/mol. The minimum absolute atomic E-state index is 0.01000. The molecule has 0 bridgehead atoms. The first kappa shape index (κ1) is 24.3. The van der Waals surface area contributed by atoms with Gasteiger partial charge in [-0.05, 0) is 62.5 Å². The zero-order valence-corrected chi connectivity index (χ0v) is 20.6. The lowest BCUT2D eigenvalue weighted by Crippen LogP contribution is -2.63. The van der Waals surface area contributed by atoms with Gasteiger partial charge in [0.1, 0.15) is 6.61 Å². The highest BCUT2D eigenvalue weighted by Crippen LogP contribution is 2.68. The maximum atomic E-state index is 13.6. The Balaban J connectivity index is 1.76. The van der Waals surface area contributed by atoms with Gasteiger partial charge >= 0.3 is 5.97 Å². The molecular formula is C27H38O6. The van der Waals surface area contributed by atoms with E-state index < -0.39 is 22.5 Å². The number of Topliss-reactive ketones (excluding diaryl/α,β-unsaturated/α-hetero) is 1. The van der Waals surface area contributed by atoms with Crippen molar-refractivity contribution in [3.05, 3.63) is 23.8 Å². The van der Waals surface area contributed by atoms with E-state index in [0.29, 0.717) is 19.4 Å². The number of esters is 1. The van der Waals surface area contributed by atoms with Crippen molar-refractivity contribution in [2.75, 3.05) is 13.2 Å². The summed E-state index contributed by atoms with van der Waals surface area (Å²) in [7, 11) is 0. The number of rotatable bonds is 6. The first-order valence-corrected chi connectivity index (χ1v) is 12.5. The molecule has 1 N–H and O–H groups in total. The van der Waals surface area contributed by atoms with Crippen molar-refractivity contribution in [1.82, 2.24) is 0 Å². The van der Waals surface area contributed by atoms with Crippen LogP contribution in [0.5, 0.6) is 0 Å². The molecule has 4 aliphatic carbocycles. The van der Waals surface area contributed by atoms with E-state index in [1.165, 1.54) is 0 Å². The van der Waals surface area contributed by atoms with Crippen molar-refractivity contribution in [2.45, 2.75) is 78.4 Å². The molecule has 0 aliphatic heterocycles. The monoisotopic (exact) mass is 458 g/mol. The molecule has 0 radical (unpaired) electrons. The Hall–Kier alpha value is -1.79. The summed E-state index contributed by atoms with van der Waals surface area (Å²) in [4.78, 5) is 38.2. The molecule has 33 heavy (non-hydrogen) atoms. The van der Waals surface area contributed by atoms with Crippen LogP contribution < -0.4 is 0 Å². The lowest BCUT2D eigenvalue weighted by Gasteiger charge is -2.61. The first-order valence-electron chi connectivity index (χ1n) is 12.5. The van der Waals surface area contributed by atoms with E-state index in [9.17, 15) is 19.5 Å². The SMILES string of the molecule is CCOCC(=O)[C@@]1(OC(=O)CC)CC[C@H]2[C@@H]3C[C@H](C)C4=CC(=O)C=C[C@]4(C)[C@H]3[C@@H](O)C[C@@]21C. The maximum Gasteiger partial charge on any atom is 0.306 e. The third-order valence-electron chi connectivity index (χ3n) is 9.40. The second kappa shape index (κ2) is 8.46.